The molecule has 0 heterocycles. The van der Waals surface area contributed by atoms with E-state index >= 15 is 0 Å². The molecule has 0 aromatic heterocycles. The van der Waals surface area contributed by atoms with E-state index < -0.39 is 5.91 Å². The van der Waals surface area contributed by atoms with Gasteiger partial charge in [0.15, 0.2) is 11.5 Å². The molecule has 2 amide bonds. The maximum Gasteiger partial charge on any atom is 0.252 e. The lowest BCUT2D eigenvalue weighted by atomic mass is 9.96. The predicted octanol–water partition coefficient (Wildman–Crippen LogP) is 4.33. The van der Waals surface area contributed by atoms with Gasteiger partial charge in [0.25, 0.3) is 11.8 Å². The Bertz CT molecular complexity index is 1750. The number of nitrogens with one attached hydrogen (secondary N) is 2. The fraction of sp³-hybridized carbons (Fsp3) is 0.511. The number of amides is 2. The predicted molar refractivity (Wildman–Crippen MR) is 230 cm³/mol. The molecule has 2 N–H and O–H groups in total. The molecule has 16 nitrogen and oxygen atoms in total. The van der Waals surface area contributed by atoms with Crippen LogP contribution in [0.5, 0.6) is 17.2 Å². The first-order valence-corrected chi connectivity index (χ1v) is 20.5. The van der Waals surface area contributed by atoms with Crippen LogP contribution >= 0.6 is 0 Å². The number of methoxy groups -OCH3 is 3. The van der Waals surface area contributed by atoms with Crippen LogP contribution in [-0.2, 0) is 42.6 Å². The molecule has 0 aliphatic rings. The third kappa shape index (κ3) is 18.1. The second kappa shape index (κ2) is 30.4. The molecule has 336 valence electrons. The SMILES string of the molecule is COCCOCCOCCOc1cc(C(=O)NCCNC(=O)c2c3ccccc3cc3ccccc23)cc(OCCOCCOCCOC)c1OCCOCCOCCOC. The van der Waals surface area contributed by atoms with E-state index in [0.29, 0.717) is 84.8 Å². The minimum Gasteiger partial charge on any atom is -0.487 e. The van der Waals surface area contributed by atoms with Crippen LogP contribution in [-0.4, -0.2) is 165 Å². The smallest absolute Gasteiger partial charge is 0.252 e. The third-order valence-corrected chi connectivity index (χ3v) is 8.83. The molecule has 0 aliphatic carbocycles. The Hall–Kier alpha value is -4.62. The van der Waals surface area contributed by atoms with Crippen molar-refractivity contribution in [3.63, 3.8) is 0 Å². The summed E-state index contributed by atoms with van der Waals surface area (Å²) >= 11 is 0. The van der Waals surface area contributed by atoms with Crippen molar-refractivity contribution in [1.29, 1.82) is 0 Å². The van der Waals surface area contributed by atoms with E-state index in [-0.39, 0.29) is 81.4 Å². The molecule has 0 aliphatic heterocycles. The Morgan fingerprint density at radius 3 is 1.21 bits per heavy atom. The van der Waals surface area contributed by atoms with Crippen LogP contribution in [0.15, 0.2) is 66.7 Å². The van der Waals surface area contributed by atoms with Gasteiger partial charge in [-0.1, -0.05) is 48.5 Å². The van der Waals surface area contributed by atoms with Crippen molar-refractivity contribution in [1.82, 2.24) is 10.6 Å². The first kappa shape index (κ1) is 49.0. The van der Waals surface area contributed by atoms with Crippen LogP contribution in [0.4, 0.5) is 0 Å². The number of carbonyl (C=O) groups is 2. The Morgan fingerprint density at radius 1 is 0.426 bits per heavy atom. The highest BCUT2D eigenvalue weighted by atomic mass is 16.6. The fourth-order valence-corrected chi connectivity index (χ4v) is 5.88. The van der Waals surface area contributed by atoms with Gasteiger partial charge in [-0.3, -0.25) is 9.59 Å². The van der Waals surface area contributed by atoms with E-state index in [4.69, 9.17) is 56.8 Å². The van der Waals surface area contributed by atoms with E-state index in [0.717, 1.165) is 21.5 Å². The molecule has 16 heteroatoms. The van der Waals surface area contributed by atoms with Crippen molar-refractivity contribution in [2.24, 2.45) is 0 Å². The lowest BCUT2D eigenvalue weighted by Crippen LogP contribution is -2.35. The average Bonchev–Trinajstić information content (AvgIpc) is 3.28. The molecule has 0 bridgehead atoms. The lowest BCUT2D eigenvalue weighted by Gasteiger charge is -2.19. The molecule has 0 unspecified atom stereocenters. The largest absolute Gasteiger partial charge is 0.487 e. The molecule has 0 saturated carbocycles. The van der Waals surface area contributed by atoms with E-state index in [1.807, 2.05) is 48.5 Å². The summed E-state index contributed by atoms with van der Waals surface area (Å²) in [6.07, 6.45) is 0. The van der Waals surface area contributed by atoms with Crippen LogP contribution in [0, 0.1) is 0 Å². The summed E-state index contributed by atoms with van der Waals surface area (Å²) in [6, 6.07) is 20.8. The Morgan fingerprint density at radius 2 is 0.787 bits per heavy atom. The lowest BCUT2D eigenvalue weighted by molar-refractivity contribution is 0.0146. The van der Waals surface area contributed by atoms with Crippen molar-refractivity contribution in [2.75, 3.05) is 153 Å². The van der Waals surface area contributed by atoms with Crippen molar-refractivity contribution in [3.8, 4) is 17.2 Å². The quantitative estimate of drug-likeness (QED) is 0.0496. The minimum atomic E-state index is -0.406. The molecule has 4 rings (SSSR count). The van der Waals surface area contributed by atoms with Gasteiger partial charge in [-0.25, -0.2) is 0 Å². The monoisotopic (exact) mass is 854 g/mol. The van der Waals surface area contributed by atoms with Gasteiger partial charge in [0.1, 0.15) is 19.8 Å². The molecular weight excluding hydrogens is 792 g/mol. The summed E-state index contributed by atoms with van der Waals surface area (Å²) in [5, 5.41) is 9.53. The van der Waals surface area contributed by atoms with E-state index in [9.17, 15) is 9.59 Å². The topological polar surface area (TPSA) is 169 Å². The van der Waals surface area contributed by atoms with Crippen molar-refractivity contribution >= 4 is 33.4 Å². The Balaban J connectivity index is 1.43. The molecule has 0 spiro atoms. The van der Waals surface area contributed by atoms with Crippen molar-refractivity contribution in [2.45, 2.75) is 0 Å². The second-order valence-electron chi connectivity index (χ2n) is 13.2. The number of benzene rings is 4. The summed E-state index contributed by atoms with van der Waals surface area (Å²) in [7, 11) is 4.85. The molecule has 0 saturated heterocycles. The summed E-state index contributed by atoms with van der Waals surface area (Å²) in [5.74, 6) is 0.196. The van der Waals surface area contributed by atoms with Crippen LogP contribution in [0.1, 0.15) is 20.7 Å². The van der Waals surface area contributed by atoms with Gasteiger partial charge in [0.2, 0.25) is 5.75 Å². The Labute approximate surface area is 358 Å². The van der Waals surface area contributed by atoms with Gasteiger partial charge in [-0.15, -0.1) is 0 Å². The highest BCUT2D eigenvalue weighted by Crippen LogP contribution is 2.39. The normalized spacial score (nSPS) is 11.3. The molecule has 0 atom stereocenters. The number of carbonyl (C=O) groups excluding carboxylic acids is 2. The fourth-order valence-electron chi connectivity index (χ4n) is 5.88. The average molecular weight is 855 g/mol. The number of hydrogen-bond donors (Lipinski definition) is 2. The molecule has 61 heavy (non-hydrogen) atoms. The van der Waals surface area contributed by atoms with Crippen LogP contribution in [0.25, 0.3) is 21.5 Å². The van der Waals surface area contributed by atoms with E-state index in [1.54, 1.807) is 33.5 Å². The van der Waals surface area contributed by atoms with Crippen molar-refractivity contribution < 1.29 is 66.4 Å². The third-order valence-electron chi connectivity index (χ3n) is 8.83. The Kier molecular flexibility index (Phi) is 24.5. The maximum atomic E-state index is 13.7. The second-order valence-corrected chi connectivity index (χ2v) is 13.2. The zero-order valence-corrected chi connectivity index (χ0v) is 35.7. The standard InChI is InChI=1S/C45H62N2O14/c1-50-14-17-53-20-23-56-26-29-59-40-33-37(44(48)46-12-13-47-45(49)42-38-10-6-4-8-35(38)32-36-9-5-7-11-39(36)42)34-41(60-30-27-57-24-21-54-18-15-51-2)43(40)61-31-28-58-25-22-55-19-16-52-3/h4-11,32-34H,12-31H2,1-3H3,(H,46,48)(H,47,49). The van der Waals surface area contributed by atoms with Gasteiger partial charge in [-0.05, 0) is 39.7 Å². The van der Waals surface area contributed by atoms with E-state index in [2.05, 4.69) is 16.7 Å². The van der Waals surface area contributed by atoms with E-state index in [1.165, 1.54) is 0 Å². The number of hydrogen-bond acceptors (Lipinski definition) is 14. The van der Waals surface area contributed by atoms with Crippen LogP contribution in [0.2, 0.25) is 0 Å². The van der Waals surface area contributed by atoms with Gasteiger partial charge in [0.05, 0.1) is 105 Å². The summed E-state index contributed by atoms with van der Waals surface area (Å²) in [4.78, 5) is 27.3. The molecular formula is C45H62N2O14. The minimum absolute atomic E-state index is 0.148. The molecule has 4 aromatic rings. The number of rotatable bonds is 35. The molecule has 0 radical (unpaired) electrons. The van der Waals surface area contributed by atoms with Gasteiger partial charge in [0, 0.05) is 40.0 Å². The van der Waals surface area contributed by atoms with Crippen LogP contribution < -0.4 is 24.8 Å². The summed E-state index contributed by atoms with van der Waals surface area (Å²) < 4.78 is 67.0. The summed E-state index contributed by atoms with van der Waals surface area (Å²) in [5.41, 5.74) is 0.846. The maximum absolute atomic E-state index is 13.7. The summed E-state index contributed by atoms with van der Waals surface area (Å²) in [6.45, 7) is 6.80. The van der Waals surface area contributed by atoms with Gasteiger partial charge in [-0.2, -0.15) is 0 Å². The van der Waals surface area contributed by atoms with Crippen molar-refractivity contribution in [3.05, 3.63) is 77.9 Å². The molecule has 0 fully saturated rings. The first-order valence-electron chi connectivity index (χ1n) is 20.5. The highest BCUT2D eigenvalue weighted by molar-refractivity contribution is 6.18. The zero-order chi connectivity index (χ0) is 43.2. The first-order chi connectivity index (χ1) is 30.1. The van der Waals surface area contributed by atoms with Crippen LogP contribution in [0.3, 0.4) is 0 Å². The number of ether oxygens (including phenoxy) is 12. The van der Waals surface area contributed by atoms with Gasteiger partial charge < -0.3 is 67.5 Å². The van der Waals surface area contributed by atoms with Gasteiger partial charge >= 0.3 is 0 Å². The highest BCUT2D eigenvalue weighted by Gasteiger charge is 2.20. The zero-order valence-electron chi connectivity index (χ0n) is 35.7. The molecule has 4 aromatic carbocycles. The number of fused-ring (bicyclic) bond motifs is 2.